The number of hydrogen-bond donors (Lipinski definition) is 2. The Morgan fingerprint density at radius 3 is 2.80 bits per heavy atom. The van der Waals surface area contributed by atoms with E-state index < -0.39 is 0 Å². The second kappa shape index (κ2) is 7.02. The van der Waals surface area contributed by atoms with Gasteiger partial charge in [-0.15, -0.1) is 11.3 Å². The summed E-state index contributed by atoms with van der Waals surface area (Å²) in [5.41, 5.74) is 6.59. The number of piperidine rings is 3. The number of carbonyl (C=O) groups is 1. The van der Waals surface area contributed by atoms with Crippen LogP contribution < -0.4 is 11.1 Å². The van der Waals surface area contributed by atoms with Crippen molar-refractivity contribution < 1.29 is 4.79 Å². The van der Waals surface area contributed by atoms with E-state index >= 15 is 0 Å². The number of nitrogens with two attached hydrogens (primary N) is 1. The number of hydrogen-bond acceptors (Lipinski definition) is 5. The molecule has 4 heterocycles. The van der Waals surface area contributed by atoms with E-state index in [1.54, 1.807) is 23.1 Å². The number of benzene rings is 1. The highest BCUT2D eigenvalue weighted by Gasteiger charge is 2.40. The van der Waals surface area contributed by atoms with Crippen molar-refractivity contribution in [1.82, 2.24) is 10.2 Å². The van der Waals surface area contributed by atoms with Crippen LogP contribution >= 0.6 is 23.1 Å². The molecule has 2 aromatic rings. The fourth-order valence-corrected chi connectivity index (χ4v) is 6.03. The molecule has 1 aromatic carbocycles. The van der Waals surface area contributed by atoms with Crippen LogP contribution in [0.4, 0.5) is 5.69 Å². The predicted molar refractivity (Wildman–Crippen MR) is 104 cm³/mol. The Balaban J connectivity index is 1.42. The standard InChI is InChI=1S/C19H23N3OS2/c1-12-18(13-7-9-22(12)10-8-13)21-19(23)16-5-6-17(25-16)24-15-4-2-3-14(20)11-15/h2-6,11-13,18H,7-10,20H2,1H3,(H,21,23). The number of carbonyl (C=O) groups excluding carboxylic acids is 1. The van der Waals surface area contributed by atoms with Gasteiger partial charge in [0.15, 0.2) is 0 Å². The van der Waals surface area contributed by atoms with Gasteiger partial charge in [0.1, 0.15) is 0 Å². The van der Waals surface area contributed by atoms with Crippen LogP contribution in [-0.2, 0) is 0 Å². The number of amides is 1. The largest absolute Gasteiger partial charge is 0.399 e. The van der Waals surface area contributed by atoms with Crippen LogP contribution in [0.1, 0.15) is 29.4 Å². The molecule has 6 heteroatoms. The van der Waals surface area contributed by atoms with Crippen molar-refractivity contribution in [3.05, 3.63) is 41.3 Å². The quantitative estimate of drug-likeness (QED) is 0.803. The van der Waals surface area contributed by atoms with E-state index in [4.69, 9.17) is 5.73 Å². The summed E-state index contributed by atoms with van der Waals surface area (Å²) in [5, 5.41) is 3.30. The molecule has 2 bridgehead atoms. The molecule has 3 N–H and O–H groups in total. The van der Waals surface area contributed by atoms with Gasteiger partial charge in [-0.3, -0.25) is 9.69 Å². The van der Waals surface area contributed by atoms with Crippen molar-refractivity contribution >= 4 is 34.7 Å². The second-order valence-electron chi connectivity index (χ2n) is 6.91. The van der Waals surface area contributed by atoms with Gasteiger partial charge in [0.2, 0.25) is 0 Å². The molecule has 3 aliphatic rings. The number of thiophene rings is 1. The van der Waals surface area contributed by atoms with Gasteiger partial charge in [0.25, 0.3) is 5.91 Å². The topological polar surface area (TPSA) is 58.4 Å². The van der Waals surface area contributed by atoms with E-state index in [0.717, 1.165) is 19.7 Å². The first-order valence-corrected chi connectivity index (χ1v) is 10.4. The molecular formula is C19H23N3OS2. The van der Waals surface area contributed by atoms with Gasteiger partial charge in [-0.25, -0.2) is 0 Å². The maximum Gasteiger partial charge on any atom is 0.261 e. The number of anilines is 1. The summed E-state index contributed by atoms with van der Waals surface area (Å²) in [6.45, 7) is 4.60. The molecule has 0 aliphatic carbocycles. The van der Waals surface area contributed by atoms with Gasteiger partial charge in [-0.2, -0.15) is 0 Å². The third kappa shape index (κ3) is 3.57. The lowest BCUT2D eigenvalue weighted by Gasteiger charge is -2.49. The van der Waals surface area contributed by atoms with Crippen LogP contribution in [0.5, 0.6) is 0 Å². The van der Waals surface area contributed by atoms with Gasteiger partial charge in [-0.1, -0.05) is 17.8 Å². The fraction of sp³-hybridized carbons (Fsp3) is 0.421. The van der Waals surface area contributed by atoms with Gasteiger partial charge < -0.3 is 11.1 Å². The molecule has 3 aliphatic heterocycles. The summed E-state index contributed by atoms with van der Waals surface area (Å²) in [5.74, 6) is 0.695. The minimum atomic E-state index is 0.0648. The Kier molecular flexibility index (Phi) is 4.75. The summed E-state index contributed by atoms with van der Waals surface area (Å²) in [7, 11) is 0. The molecule has 0 saturated carbocycles. The number of nitrogen functional groups attached to an aromatic ring is 1. The normalized spacial score (nSPS) is 28.0. The second-order valence-corrected chi connectivity index (χ2v) is 9.36. The molecule has 0 radical (unpaired) electrons. The molecule has 2 unspecified atom stereocenters. The maximum absolute atomic E-state index is 12.7. The highest BCUT2D eigenvalue weighted by atomic mass is 32.2. The Bertz CT molecular complexity index is 766. The fourth-order valence-electron chi connectivity index (χ4n) is 3.96. The lowest BCUT2D eigenvalue weighted by atomic mass is 9.79. The van der Waals surface area contributed by atoms with Gasteiger partial charge >= 0.3 is 0 Å². The molecule has 0 spiro atoms. The monoisotopic (exact) mass is 373 g/mol. The van der Waals surface area contributed by atoms with Gasteiger partial charge in [0, 0.05) is 22.7 Å². The van der Waals surface area contributed by atoms with Crippen LogP contribution in [0.2, 0.25) is 0 Å². The first-order chi connectivity index (χ1) is 12.1. The lowest BCUT2D eigenvalue weighted by molar-refractivity contribution is 0.0218. The van der Waals surface area contributed by atoms with Crippen molar-refractivity contribution in [3.8, 4) is 0 Å². The molecule has 5 rings (SSSR count). The van der Waals surface area contributed by atoms with Crippen molar-refractivity contribution in [3.63, 3.8) is 0 Å². The molecular weight excluding hydrogens is 350 g/mol. The summed E-state index contributed by atoms with van der Waals surface area (Å²) in [6.07, 6.45) is 2.41. The zero-order valence-corrected chi connectivity index (χ0v) is 15.9. The van der Waals surface area contributed by atoms with Gasteiger partial charge in [0.05, 0.1) is 9.09 Å². The smallest absolute Gasteiger partial charge is 0.261 e. The van der Waals surface area contributed by atoms with Crippen LogP contribution in [0.15, 0.2) is 45.5 Å². The van der Waals surface area contributed by atoms with Crippen molar-refractivity contribution in [2.75, 3.05) is 18.8 Å². The number of fused-ring (bicyclic) bond motifs is 3. The maximum atomic E-state index is 12.7. The predicted octanol–water partition coefficient (Wildman–Crippen LogP) is 3.69. The first kappa shape index (κ1) is 16.9. The molecule has 3 fully saturated rings. The molecule has 3 saturated heterocycles. The highest BCUT2D eigenvalue weighted by molar-refractivity contribution is 8.01. The van der Waals surface area contributed by atoms with Crippen LogP contribution in [0, 0.1) is 5.92 Å². The minimum absolute atomic E-state index is 0.0648. The third-order valence-corrected chi connectivity index (χ3v) is 7.56. The van der Waals surface area contributed by atoms with Crippen LogP contribution in [0.25, 0.3) is 0 Å². The SMILES string of the molecule is CC1C(NC(=O)c2ccc(Sc3cccc(N)c3)s2)C2CCN1CC2. The highest BCUT2D eigenvalue weighted by Crippen LogP contribution is 2.35. The third-order valence-electron chi connectivity index (χ3n) is 5.36. The van der Waals surface area contributed by atoms with E-state index in [-0.39, 0.29) is 11.9 Å². The summed E-state index contributed by atoms with van der Waals surface area (Å²) < 4.78 is 1.11. The number of nitrogens with zero attached hydrogens (tertiary/aromatic N) is 1. The lowest BCUT2D eigenvalue weighted by Crippen LogP contribution is -2.62. The molecule has 132 valence electrons. The van der Waals surface area contributed by atoms with E-state index in [1.807, 2.05) is 36.4 Å². The van der Waals surface area contributed by atoms with E-state index in [9.17, 15) is 4.79 Å². The van der Waals surface area contributed by atoms with E-state index in [0.29, 0.717) is 12.0 Å². The molecule has 4 nitrogen and oxygen atoms in total. The Hall–Kier alpha value is -1.50. The zero-order valence-electron chi connectivity index (χ0n) is 14.3. The molecule has 2 atom stereocenters. The summed E-state index contributed by atoms with van der Waals surface area (Å²) >= 11 is 3.20. The van der Waals surface area contributed by atoms with E-state index in [2.05, 4.69) is 17.1 Å². The van der Waals surface area contributed by atoms with E-state index in [1.165, 1.54) is 25.9 Å². The Morgan fingerprint density at radius 2 is 2.08 bits per heavy atom. The average Bonchev–Trinajstić information content (AvgIpc) is 3.07. The minimum Gasteiger partial charge on any atom is -0.399 e. The average molecular weight is 374 g/mol. The number of rotatable bonds is 4. The Labute approximate surface area is 156 Å². The zero-order chi connectivity index (χ0) is 17.4. The summed E-state index contributed by atoms with van der Waals surface area (Å²) in [4.78, 5) is 17.1. The Morgan fingerprint density at radius 1 is 1.28 bits per heavy atom. The van der Waals surface area contributed by atoms with Crippen LogP contribution in [0.3, 0.4) is 0 Å². The first-order valence-electron chi connectivity index (χ1n) is 8.78. The molecule has 1 aromatic heterocycles. The number of nitrogens with one attached hydrogen (secondary N) is 1. The molecule has 1 amide bonds. The van der Waals surface area contributed by atoms with Crippen LogP contribution in [-0.4, -0.2) is 36.0 Å². The van der Waals surface area contributed by atoms with Crippen molar-refractivity contribution in [1.29, 1.82) is 0 Å². The molecule has 25 heavy (non-hydrogen) atoms. The van der Waals surface area contributed by atoms with Gasteiger partial charge in [-0.05, 0) is 69.1 Å². The van der Waals surface area contributed by atoms with Crippen molar-refractivity contribution in [2.24, 2.45) is 5.92 Å². The van der Waals surface area contributed by atoms with Crippen molar-refractivity contribution in [2.45, 2.75) is 41.0 Å². The summed E-state index contributed by atoms with van der Waals surface area (Å²) in [6, 6.07) is 12.5.